The van der Waals surface area contributed by atoms with E-state index in [9.17, 15) is 4.79 Å². The lowest BCUT2D eigenvalue weighted by molar-refractivity contribution is 0.0853. The molecule has 0 unspecified atom stereocenters. The number of nitrogens with one attached hydrogen (secondary N) is 1. The van der Waals surface area contributed by atoms with Crippen molar-refractivity contribution in [2.45, 2.75) is 72.6 Å². The molecule has 0 heterocycles. The number of benzene rings is 1. The number of aliphatic hydroxyl groups excluding tert-OH is 2. The van der Waals surface area contributed by atoms with E-state index < -0.39 is 0 Å². The van der Waals surface area contributed by atoms with Gasteiger partial charge in [-0.05, 0) is 54.3 Å². The fourth-order valence-corrected chi connectivity index (χ4v) is 1.86. The highest BCUT2D eigenvalue weighted by molar-refractivity contribution is 8.03. The third-order valence-corrected chi connectivity index (χ3v) is 4.17. The van der Waals surface area contributed by atoms with Crippen molar-refractivity contribution < 1.29 is 19.7 Å². The van der Waals surface area contributed by atoms with Crippen molar-refractivity contribution in [3.63, 3.8) is 0 Å². The molecule has 7 heteroatoms. The first-order valence-corrected chi connectivity index (χ1v) is 12.3. The molecule has 0 fully saturated rings. The number of carbonyl (C=O) groups excluding carboxylic acids is 1. The molecule has 0 aliphatic carbocycles. The molecule has 0 saturated carbocycles. The van der Waals surface area contributed by atoms with Crippen LogP contribution in [0.3, 0.4) is 0 Å². The molecule has 1 aromatic rings. The Balaban J connectivity index is -0.000000420. The van der Waals surface area contributed by atoms with E-state index in [2.05, 4.69) is 53.8 Å². The van der Waals surface area contributed by atoms with E-state index in [0.29, 0.717) is 18.1 Å². The first-order valence-electron chi connectivity index (χ1n) is 11.5. The Labute approximate surface area is 200 Å². The van der Waals surface area contributed by atoms with Gasteiger partial charge in [0.05, 0.1) is 19.8 Å². The van der Waals surface area contributed by atoms with Crippen molar-refractivity contribution >= 4 is 17.7 Å². The largest absolute Gasteiger partial charge is 0.395 e. The van der Waals surface area contributed by atoms with Crippen LogP contribution in [-0.4, -0.2) is 49.1 Å². The average Bonchev–Trinajstić information content (AvgIpc) is 2.77. The van der Waals surface area contributed by atoms with E-state index in [1.54, 1.807) is 24.3 Å². The van der Waals surface area contributed by atoms with E-state index in [0.717, 1.165) is 35.6 Å². The van der Waals surface area contributed by atoms with Gasteiger partial charge in [-0.2, -0.15) is 5.26 Å². The molecule has 6 nitrogen and oxygen atoms in total. The topological polar surface area (TPSA) is 103 Å². The number of aliphatic hydroxyl groups is 2. The van der Waals surface area contributed by atoms with Crippen molar-refractivity contribution in [1.29, 1.82) is 5.26 Å². The Bertz CT molecular complexity index is 558. The summed E-state index contributed by atoms with van der Waals surface area (Å²) in [6.07, 6.45) is 3.64. The van der Waals surface area contributed by atoms with Gasteiger partial charge in [0.2, 0.25) is 0 Å². The first kappa shape index (κ1) is 35.0. The Morgan fingerprint density at radius 1 is 1.03 bits per heavy atom. The molecule has 0 aliphatic heterocycles. The van der Waals surface area contributed by atoms with E-state index in [4.69, 9.17) is 20.2 Å². The second-order valence-corrected chi connectivity index (χ2v) is 8.58. The molecule has 0 saturated heterocycles. The van der Waals surface area contributed by atoms with Crippen molar-refractivity contribution in [1.82, 2.24) is 5.32 Å². The van der Waals surface area contributed by atoms with Gasteiger partial charge in [-0.1, -0.05) is 61.3 Å². The van der Waals surface area contributed by atoms with Gasteiger partial charge in [0, 0.05) is 23.6 Å². The van der Waals surface area contributed by atoms with Gasteiger partial charge >= 0.3 is 0 Å². The van der Waals surface area contributed by atoms with Crippen LogP contribution in [0.1, 0.15) is 78.1 Å². The summed E-state index contributed by atoms with van der Waals surface area (Å²) >= 11 is 1.05. The standard InChI is InChI=1S/C10H10N2O2S.C7H16O2.C5H12.C3H8/c11-7-15-9-3-1-8(2-4-9)10(14)12-5-6-13;1-7(2)3-5-9-6-4-8;1-4-5(2)3;1-3-2/h1-4,13H,5-6H2,(H,12,14);7-8H,3-6H2,1-2H3;5H,4H2,1-3H3;3H2,1-2H3. The van der Waals surface area contributed by atoms with Crippen molar-refractivity contribution in [2.75, 3.05) is 33.0 Å². The summed E-state index contributed by atoms with van der Waals surface area (Å²) in [5.74, 6) is 1.36. The molecule has 0 bridgehead atoms. The molecular weight excluding hydrogens is 424 g/mol. The molecule has 186 valence electrons. The maximum Gasteiger partial charge on any atom is 0.251 e. The molecule has 0 radical (unpaired) electrons. The number of thioether (sulfide) groups is 1. The van der Waals surface area contributed by atoms with Gasteiger partial charge in [0.15, 0.2) is 0 Å². The van der Waals surface area contributed by atoms with Crippen LogP contribution in [0, 0.1) is 22.5 Å². The molecule has 3 N–H and O–H groups in total. The van der Waals surface area contributed by atoms with Crippen LogP contribution in [-0.2, 0) is 4.74 Å². The van der Waals surface area contributed by atoms with E-state index in [1.807, 2.05) is 5.40 Å². The van der Waals surface area contributed by atoms with Crippen molar-refractivity contribution in [3.05, 3.63) is 29.8 Å². The smallest absolute Gasteiger partial charge is 0.251 e. The number of nitrogens with zero attached hydrogens (tertiary/aromatic N) is 1. The quantitative estimate of drug-likeness (QED) is 0.237. The minimum atomic E-state index is -0.224. The van der Waals surface area contributed by atoms with Crippen LogP contribution in [0.25, 0.3) is 0 Å². The summed E-state index contributed by atoms with van der Waals surface area (Å²) in [7, 11) is 0. The van der Waals surface area contributed by atoms with Crippen molar-refractivity contribution in [3.8, 4) is 5.40 Å². The predicted octanol–water partition coefficient (Wildman–Crippen LogP) is 5.49. The van der Waals surface area contributed by atoms with Gasteiger partial charge in [-0.25, -0.2) is 0 Å². The minimum Gasteiger partial charge on any atom is -0.395 e. The molecule has 32 heavy (non-hydrogen) atoms. The second-order valence-electron chi connectivity index (χ2n) is 7.72. The van der Waals surface area contributed by atoms with E-state index >= 15 is 0 Å². The summed E-state index contributed by atoms with van der Waals surface area (Å²) in [6, 6.07) is 6.71. The van der Waals surface area contributed by atoms with Gasteiger partial charge < -0.3 is 20.3 Å². The number of thiocyanates is 1. The SMILES string of the molecule is CC(C)CCOCCO.CCC.CCC(C)C.N#CSc1ccc(C(=O)NCCO)cc1. The summed E-state index contributed by atoms with van der Waals surface area (Å²) in [4.78, 5) is 12.2. The monoisotopic (exact) mass is 470 g/mol. The Hall–Kier alpha value is -1.59. The number of rotatable bonds is 10. The minimum absolute atomic E-state index is 0.0753. The van der Waals surface area contributed by atoms with Crippen LogP contribution in [0.4, 0.5) is 0 Å². The molecule has 0 atom stereocenters. The average molecular weight is 471 g/mol. The highest BCUT2D eigenvalue weighted by Gasteiger charge is 2.03. The lowest BCUT2D eigenvalue weighted by Gasteiger charge is -2.03. The number of ether oxygens (including phenoxy) is 1. The van der Waals surface area contributed by atoms with E-state index in [-0.39, 0.29) is 25.7 Å². The van der Waals surface area contributed by atoms with Crippen LogP contribution >= 0.6 is 11.8 Å². The van der Waals surface area contributed by atoms with Crippen LogP contribution in [0.5, 0.6) is 0 Å². The highest BCUT2D eigenvalue weighted by Crippen LogP contribution is 2.16. The highest BCUT2D eigenvalue weighted by atomic mass is 32.2. The maximum atomic E-state index is 11.4. The second kappa shape index (κ2) is 27.4. The fraction of sp³-hybridized carbons (Fsp3) is 0.680. The van der Waals surface area contributed by atoms with Gasteiger partial charge in [0.25, 0.3) is 5.91 Å². The predicted molar refractivity (Wildman–Crippen MR) is 136 cm³/mol. The van der Waals surface area contributed by atoms with Crippen LogP contribution in [0.2, 0.25) is 0 Å². The third-order valence-electron chi connectivity index (χ3n) is 3.57. The summed E-state index contributed by atoms with van der Waals surface area (Å²) in [5, 5.41) is 29.7. The molecule has 0 aromatic heterocycles. The van der Waals surface area contributed by atoms with E-state index in [1.165, 1.54) is 12.8 Å². The number of amides is 1. The first-order chi connectivity index (χ1) is 15.2. The number of hydrogen-bond donors (Lipinski definition) is 3. The molecule has 1 rings (SSSR count). The lowest BCUT2D eigenvalue weighted by Crippen LogP contribution is -2.26. The Morgan fingerprint density at radius 2 is 1.56 bits per heavy atom. The third kappa shape index (κ3) is 28.4. The zero-order valence-electron chi connectivity index (χ0n) is 21.2. The van der Waals surface area contributed by atoms with Crippen molar-refractivity contribution in [2.24, 2.45) is 11.8 Å². The van der Waals surface area contributed by atoms with Crippen LogP contribution in [0.15, 0.2) is 29.2 Å². The zero-order valence-corrected chi connectivity index (χ0v) is 22.0. The Morgan fingerprint density at radius 3 is 1.94 bits per heavy atom. The van der Waals surface area contributed by atoms with Gasteiger partial charge in [-0.15, -0.1) is 0 Å². The number of carbonyl (C=O) groups is 1. The summed E-state index contributed by atoms with van der Waals surface area (Å²) in [6.45, 7) is 16.8. The molecule has 0 aliphatic rings. The summed E-state index contributed by atoms with van der Waals surface area (Å²) < 4.78 is 5.04. The molecule has 1 amide bonds. The molecular formula is C25H46N2O4S. The number of hydrogen-bond acceptors (Lipinski definition) is 6. The summed E-state index contributed by atoms with van der Waals surface area (Å²) in [5.41, 5.74) is 0.519. The van der Waals surface area contributed by atoms with Gasteiger partial charge in [0.1, 0.15) is 5.40 Å². The normalized spacial score (nSPS) is 9.44. The Kier molecular flexibility index (Phi) is 30.0. The maximum absolute atomic E-state index is 11.4. The van der Waals surface area contributed by atoms with Crippen LogP contribution < -0.4 is 5.32 Å². The number of nitriles is 1. The zero-order chi connectivity index (χ0) is 25.2. The lowest BCUT2D eigenvalue weighted by atomic mass is 10.1. The molecule has 0 spiro atoms. The fourth-order valence-electron chi connectivity index (χ4n) is 1.48. The molecule has 1 aromatic carbocycles. The van der Waals surface area contributed by atoms with Gasteiger partial charge in [-0.3, -0.25) is 4.79 Å².